The average molecular weight is 329 g/mol. The van der Waals surface area contributed by atoms with Gasteiger partial charge in [0, 0.05) is 12.1 Å². The molecule has 2 heterocycles. The monoisotopic (exact) mass is 329 g/mol. The number of fused-ring (bicyclic) bond motifs is 2. The summed E-state index contributed by atoms with van der Waals surface area (Å²) in [6.07, 6.45) is -2.86. The Morgan fingerprint density at radius 2 is 1.74 bits per heavy atom. The van der Waals surface area contributed by atoms with Crippen molar-refractivity contribution in [1.82, 2.24) is 4.90 Å². The molecule has 3 atom stereocenters. The summed E-state index contributed by atoms with van der Waals surface area (Å²) in [5.74, 6) is -1.28. The van der Waals surface area contributed by atoms with Crippen LogP contribution in [0, 0.1) is 0 Å². The molecular weight excluding hydrogens is 311 g/mol. The lowest BCUT2D eigenvalue weighted by Crippen LogP contribution is -2.49. The summed E-state index contributed by atoms with van der Waals surface area (Å²) in [7, 11) is 0. The molecule has 0 saturated carbocycles. The molecule has 126 valence electrons. The largest absolute Gasteiger partial charge is 0.480 e. The van der Waals surface area contributed by atoms with E-state index in [1.54, 1.807) is 4.90 Å². The van der Waals surface area contributed by atoms with Gasteiger partial charge in [-0.3, -0.25) is 9.69 Å². The lowest BCUT2D eigenvalue weighted by atomic mass is 9.92. The smallest absolute Gasteiger partial charge is 0.416 e. The number of aliphatic hydroxyl groups excluding tert-OH is 1. The number of nitrogens with zero attached hydrogens (tertiary/aromatic N) is 1. The third-order valence-corrected chi connectivity index (χ3v) is 4.86. The van der Waals surface area contributed by atoms with Crippen molar-refractivity contribution < 1.29 is 28.2 Å². The van der Waals surface area contributed by atoms with Crippen LogP contribution in [0.5, 0.6) is 0 Å². The maximum absolute atomic E-state index is 13.3. The molecule has 3 rings (SSSR count). The van der Waals surface area contributed by atoms with Crippen molar-refractivity contribution in [2.24, 2.45) is 0 Å². The van der Waals surface area contributed by atoms with Crippen molar-refractivity contribution >= 4 is 5.97 Å². The van der Waals surface area contributed by atoms with Gasteiger partial charge in [-0.15, -0.1) is 0 Å². The molecule has 2 aliphatic heterocycles. The first kappa shape index (κ1) is 16.3. The second-order valence-corrected chi connectivity index (χ2v) is 6.28. The molecule has 0 aromatic heterocycles. The second-order valence-electron chi connectivity index (χ2n) is 6.28. The van der Waals surface area contributed by atoms with Gasteiger partial charge >= 0.3 is 12.1 Å². The van der Waals surface area contributed by atoms with E-state index in [1.807, 2.05) is 0 Å². The molecule has 2 fully saturated rings. The van der Waals surface area contributed by atoms with Crippen LogP contribution in [0.3, 0.4) is 0 Å². The van der Waals surface area contributed by atoms with Crippen molar-refractivity contribution in [3.05, 3.63) is 35.4 Å². The minimum Gasteiger partial charge on any atom is -0.480 e. The normalized spacial score (nSPS) is 29.5. The molecule has 2 bridgehead atoms. The first-order valence-electron chi connectivity index (χ1n) is 7.63. The van der Waals surface area contributed by atoms with Gasteiger partial charge in [0.05, 0.1) is 11.7 Å². The van der Waals surface area contributed by atoms with Crippen LogP contribution in [-0.2, 0) is 11.0 Å². The van der Waals surface area contributed by atoms with E-state index in [0.29, 0.717) is 25.7 Å². The zero-order valence-corrected chi connectivity index (χ0v) is 12.3. The Bertz CT molecular complexity index is 590. The van der Waals surface area contributed by atoms with E-state index in [2.05, 4.69) is 0 Å². The van der Waals surface area contributed by atoms with Gasteiger partial charge in [-0.25, -0.2) is 0 Å². The summed E-state index contributed by atoms with van der Waals surface area (Å²) in [4.78, 5) is 13.5. The van der Waals surface area contributed by atoms with Crippen molar-refractivity contribution in [3.63, 3.8) is 0 Å². The highest BCUT2D eigenvalue weighted by molar-refractivity contribution is 5.76. The van der Waals surface area contributed by atoms with Crippen molar-refractivity contribution in [2.45, 2.75) is 56.1 Å². The van der Waals surface area contributed by atoms with Crippen LogP contribution in [-0.4, -0.2) is 39.3 Å². The average Bonchev–Trinajstić information content (AvgIpc) is 2.71. The quantitative estimate of drug-likeness (QED) is 0.895. The van der Waals surface area contributed by atoms with Crippen LogP contribution in [0.2, 0.25) is 0 Å². The van der Waals surface area contributed by atoms with Gasteiger partial charge in [-0.1, -0.05) is 18.2 Å². The Morgan fingerprint density at radius 3 is 2.26 bits per heavy atom. The summed E-state index contributed by atoms with van der Waals surface area (Å²) in [5, 5.41) is 19.5. The number of rotatable bonds is 3. The summed E-state index contributed by atoms with van der Waals surface area (Å²) >= 11 is 0. The summed E-state index contributed by atoms with van der Waals surface area (Å²) in [6, 6.07) is 3.15. The van der Waals surface area contributed by atoms with Gasteiger partial charge in [0.15, 0.2) is 0 Å². The number of piperidine rings is 1. The first-order chi connectivity index (χ1) is 10.8. The number of halogens is 3. The predicted octanol–water partition coefficient (Wildman–Crippen LogP) is 2.82. The number of alkyl halides is 3. The highest BCUT2D eigenvalue weighted by Crippen LogP contribution is 2.44. The van der Waals surface area contributed by atoms with Crippen LogP contribution in [0.1, 0.15) is 42.9 Å². The maximum Gasteiger partial charge on any atom is 0.416 e. The van der Waals surface area contributed by atoms with Gasteiger partial charge in [-0.2, -0.15) is 13.2 Å². The molecule has 3 unspecified atom stereocenters. The van der Waals surface area contributed by atoms with Crippen molar-refractivity contribution in [3.8, 4) is 0 Å². The molecule has 2 aliphatic rings. The minimum absolute atomic E-state index is 0.189. The van der Waals surface area contributed by atoms with Crippen LogP contribution < -0.4 is 0 Å². The number of hydrogen-bond acceptors (Lipinski definition) is 3. The molecule has 7 heteroatoms. The standard InChI is InChI=1S/C16H18F3NO3/c17-16(18,19)13-4-2-1-3-12(13)14(15(22)23)20-9-5-6-10(20)8-11(21)7-9/h1-4,9-11,14,21H,5-8H2,(H,22,23). The van der Waals surface area contributed by atoms with E-state index >= 15 is 0 Å². The first-order valence-corrected chi connectivity index (χ1v) is 7.63. The fourth-order valence-electron chi connectivity index (χ4n) is 4.02. The Balaban J connectivity index is 2.03. The van der Waals surface area contributed by atoms with Crippen molar-refractivity contribution in [1.29, 1.82) is 0 Å². The van der Waals surface area contributed by atoms with E-state index in [4.69, 9.17) is 0 Å². The molecule has 0 radical (unpaired) electrons. The summed E-state index contributed by atoms with van der Waals surface area (Å²) < 4.78 is 39.8. The van der Waals surface area contributed by atoms with Gasteiger partial charge in [0.2, 0.25) is 0 Å². The highest BCUT2D eigenvalue weighted by Gasteiger charge is 2.48. The maximum atomic E-state index is 13.3. The molecule has 1 aromatic carbocycles. The second kappa shape index (κ2) is 5.79. The summed E-state index contributed by atoms with van der Waals surface area (Å²) in [6.45, 7) is 0. The van der Waals surface area contributed by atoms with Crippen LogP contribution >= 0.6 is 0 Å². The molecule has 2 N–H and O–H groups in total. The highest BCUT2D eigenvalue weighted by atomic mass is 19.4. The third kappa shape index (κ3) is 2.95. The predicted molar refractivity (Wildman–Crippen MR) is 75.7 cm³/mol. The van der Waals surface area contributed by atoms with E-state index < -0.39 is 29.9 Å². The summed E-state index contributed by atoms with van der Waals surface area (Å²) in [5.41, 5.74) is -1.13. The lowest BCUT2D eigenvalue weighted by molar-refractivity contribution is -0.149. The van der Waals surface area contributed by atoms with E-state index in [-0.39, 0.29) is 17.6 Å². The van der Waals surface area contributed by atoms with Gasteiger partial charge < -0.3 is 10.2 Å². The van der Waals surface area contributed by atoms with Crippen LogP contribution in [0.25, 0.3) is 0 Å². The topological polar surface area (TPSA) is 60.8 Å². The number of aliphatic carboxylic acids is 1. The Hall–Kier alpha value is -1.60. The van der Waals surface area contributed by atoms with E-state index in [1.165, 1.54) is 18.2 Å². The molecule has 2 saturated heterocycles. The van der Waals surface area contributed by atoms with Gasteiger partial charge in [0.25, 0.3) is 0 Å². The zero-order valence-electron chi connectivity index (χ0n) is 12.3. The molecular formula is C16H18F3NO3. The molecule has 23 heavy (non-hydrogen) atoms. The number of aliphatic hydroxyl groups is 1. The Kier molecular flexibility index (Phi) is 4.10. The van der Waals surface area contributed by atoms with E-state index in [0.717, 1.165) is 6.07 Å². The number of benzene rings is 1. The fraction of sp³-hybridized carbons (Fsp3) is 0.562. The zero-order chi connectivity index (χ0) is 16.8. The van der Waals surface area contributed by atoms with Gasteiger partial charge in [-0.05, 0) is 37.3 Å². The van der Waals surface area contributed by atoms with Crippen molar-refractivity contribution in [2.75, 3.05) is 0 Å². The molecule has 0 aliphatic carbocycles. The van der Waals surface area contributed by atoms with Crippen LogP contribution in [0.15, 0.2) is 24.3 Å². The number of hydrogen-bond donors (Lipinski definition) is 2. The lowest BCUT2D eigenvalue weighted by Gasteiger charge is -2.41. The Morgan fingerprint density at radius 1 is 1.17 bits per heavy atom. The molecule has 0 spiro atoms. The van der Waals surface area contributed by atoms with E-state index in [9.17, 15) is 28.2 Å². The number of carboxylic acids is 1. The van der Waals surface area contributed by atoms with Crippen LogP contribution in [0.4, 0.5) is 13.2 Å². The van der Waals surface area contributed by atoms with Gasteiger partial charge in [0.1, 0.15) is 6.04 Å². The molecule has 1 aromatic rings. The SMILES string of the molecule is O=C(O)C(c1ccccc1C(F)(F)F)N1C2CCC1CC(O)C2. The number of carboxylic acid groups (broad SMARTS) is 1. The Labute approximate surface area is 131 Å². The molecule has 0 amide bonds. The minimum atomic E-state index is -4.60. The fourth-order valence-corrected chi connectivity index (χ4v) is 4.02. The molecule has 4 nitrogen and oxygen atoms in total. The number of carbonyl (C=O) groups is 1. The third-order valence-electron chi connectivity index (χ3n) is 4.86.